The molecule has 120 valence electrons. The first-order valence-electron chi connectivity index (χ1n) is 8.13. The second-order valence-electron chi connectivity index (χ2n) is 6.76. The van der Waals surface area contributed by atoms with Gasteiger partial charge in [0.2, 0.25) is 5.91 Å². The SMILES string of the molecule is CCn1nc(CC(C)C)cc1C(=O)N1C[C@@H]2CNC(=O)[C@@H]2C1. The van der Waals surface area contributed by atoms with Crippen LogP contribution in [0.2, 0.25) is 0 Å². The van der Waals surface area contributed by atoms with Crippen LogP contribution >= 0.6 is 0 Å². The van der Waals surface area contributed by atoms with Crippen molar-refractivity contribution in [1.82, 2.24) is 20.0 Å². The van der Waals surface area contributed by atoms with Crippen molar-refractivity contribution in [3.05, 3.63) is 17.5 Å². The van der Waals surface area contributed by atoms with Gasteiger partial charge >= 0.3 is 0 Å². The summed E-state index contributed by atoms with van der Waals surface area (Å²) in [6, 6.07) is 1.92. The van der Waals surface area contributed by atoms with E-state index in [9.17, 15) is 9.59 Å². The van der Waals surface area contributed by atoms with E-state index in [4.69, 9.17) is 0 Å². The number of carbonyl (C=O) groups is 2. The zero-order chi connectivity index (χ0) is 15.9. The van der Waals surface area contributed by atoms with E-state index in [1.54, 1.807) is 4.68 Å². The Balaban J connectivity index is 1.77. The summed E-state index contributed by atoms with van der Waals surface area (Å²) in [6.45, 7) is 8.86. The molecule has 0 saturated carbocycles. The Kier molecular flexibility index (Phi) is 3.93. The van der Waals surface area contributed by atoms with Gasteiger partial charge in [0.1, 0.15) is 5.69 Å². The van der Waals surface area contributed by atoms with Crippen molar-refractivity contribution in [2.24, 2.45) is 17.8 Å². The van der Waals surface area contributed by atoms with Crippen LogP contribution < -0.4 is 5.32 Å². The van der Waals surface area contributed by atoms with Gasteiger partial charge in [0.05, 0.1) is 11.6 Å². The minimum atomic E-state index is -0.0305. The van der Waals surface area contributed by atoms with E-state index < -0.39 is 0 Å². The van der Waals surface area contributed by atoms with Gasteiger partial charge in [0.25, 0.3) is 5.91 Å². The number of rotatable bonds is 4. The predicted molar refractivity (Wildman–Crippen MR) is 82.3 cm³/mol. The molecule has 0 spiro atoms. The van der Waals surface area contributed by atoms with Crippen molar-refractivity contribution in [1.29, 1.82) is 0 Å². The van der Waals surface area contributed by atoms with Crippen LogP contribution in [-0.2, 0) is 17.8 Å². The molecule has 0 aromatic carbocycles. The molecule has 0 radical (unpaired) electrons. The predicted octanol–water partition coefficient (Wildman–Crippen LogP) is 0.919. The van der Waals surface area contributed by atoms with Gasteiger partial charge in [0.15, 0.2) is 0 Å². The molecule has 3 rings (SSSR count). The highest BCUT2D eigenvalue weighted by Gasteiger charge is 2.44. The van der Waals surface area contributed by atoms with Crippen molar-refractivity contribution < 1.29 is 9.59 Å². The molecule has 2 amide bonds. The van der Waals surface area contributed by atoms with Gasteiger partial charge < -0.3 is 10.2 Å². The molecule has 1 aromatic rings. The summed E-state index contributed by atoms with van der Waals surface area (Å²) in [5, 5.41) is 7.41. The molecular weight excluding hydrogens is 280 g/mol. The maximum Gasteiger partial charge on any atom is 0.272 e. The molecule has 2 aliphatic rings. The van der Waals surface area contributed by atoms with Gasteiger partial charge in [-0.05, 0) is 25.3 Å². The normalized spacial score (nSPS) is 24.0. The molecule has 0 aliphatic carbocycles. The van der Waals surface area contributed by atoms with Crippen LogP contribution in [0.1, 0.15) is 37.0 Å². The number of hydrogen-bond donors (Lipinski definition) is 1. The number of nitrogens with one attached hydrogen (secondary N) is 1. The number of likely N-dealkylation sites (tertiary alicyclic amines) is 1. The topological polar surface area (TPSA) is 67.2 Å². The molecule has 1 aromatic heterocycles. The van der Waals surface area contributed by atoms with Crippen LogP contribution in [-0.4, -0.2) is 46.1 Å². The number of amides is 2. The fourth-order valence-corrected chi connectivity index (χ4v) is 3.47. The Labute approximate surface area is 130 Å². The third-order valence-corrected chi connectivity index (χ3v) is 4.57. The third kappa shape index (κ3) is 2.62. The average molecular weight is 304 g/mol. The van der Waals surface area contributed by atoms with Gasteiger partial charge in [-0.3, -0.25) is 14.3 Å². The first-order chi connectivity index (χ1) is 10.5. The Morgan fingerprint density at radius 2 is 2.23 bits per heavy atom. The molecule has 0 bridgehead atoms. The first-order valence-corrected chi connectivity index (χ1v) is 8.13. The van der Waals surface area contributed by atoms with E-state index in [1.807, 2.05) is 17.9 Å². The van der Waals surface area contributed by atoms with Crippen molar-refractivity contribution in [3.8, 4) is 0 Å². The zero-order valence-electron chi connectivity index (χ0n) is 13.5. The number of hydrogen-bond acceptors (Lipinski definition) is 3. The lowest BCUT2D eigenvalue weighted by Gasteiger charge is -2.17. The first kappa shape index (κ1) is 15.1. The highest BCUT2D eigenvalue weighted by Crippen LogP contribution is 2.28. The number of fused-ring (bicyclic) bond motifs is 1. The summed E-state index contributed by atoms with van der Waals surface area (Å²) in [4.78, 5) is 26.4. The lowest BCUT2D eigenvalue weighted by molar-refractivity contribution is -0.122. The fraction of sp³-hybridized carbons (Fsp3) is 0.688. The van der Waals surface area contributed by atoms with Gasteiger partial charge in [0, 0.05) is 32.1 Å². The molecule has 2 fully saturated rings. The third-order valence-electron chi connectivity index (χ3n) is 4.57. The molecule has 3 heterocycles. The highest BCUT2D eigenvalue weighted by atomic mass is 16.2. The maximum absolute atomic E-state index is 12.8. The molecule has 6 nitrogen and oxygen atoms in total. The number of nitrogens with zero attached hydrogens (tertiary/aromatic N) is 3. The van der Waals surface area contributed by atoms with Crippen LogP contribution in [0.15, 0.2) is 6.07 Å². The lowest BCUT2D eigenvalue weighted by atomic mass is 10.0. The van der Waals surface area contributed by atoms with Gasteiger partial charge in [-0.2, -0.15) is 5.10 Å². The van der Waals surface area contributed by atoms with Gasteiger partial charge in [-0.1, -0.05) is 13.8 Å². The molecule has 1 N–H and O–H groups in total. The summed E-state index contributed by atoms with van der Waals surface area (Å²) >= 11 is 0. The summed E-state index contributed by atoms with van der Waals surface area (Å²) < 4.78 is 1.79. The highest BCUT2D eigenvalue weighted by molar-refractivity contribution is 5.94. The van der Waals surface area contributed by atoms with Crippen molar-refractivity contribution >= 4 is 11.8 Å². The Morgan fingerprint density at radius 1 is 1.45 bits per heavy atom. The second-order valence-corrected chi connectivity index (χ2v) is 6.76. The van der Waals surface area contributed by atoms with Crippen molar-refractivity contribution in [3.63, 3.8) is 0 Å². The minimum Gasteiger partial charge on any atom is -0.355 e. The van der Waals surface area contributed by atoms with Crippen LogP contribution in [0.5, 0.6) is 0 Å². The summed E-state index contributed by atoms with van der Waals surface area (Å²) in [7, 11) is 0. The summed E-state index contributed by atoms with van der Waals surface area (Å²) in [6.07, 6.45) is 0.876. The number of aromatic nitrogens is 2. The zero-order valence-corrected chi connectivity index (χ0v) is 13.5. The van der Waals surface area contributed by atoms with Crippen LogP contribution in [0.3, 0.4) is 0 Å². The lowest BCUT2D eigenvalue weighted by Crippen LogP contribution is -2.34. The molecule has 6 heteroatoms. The largest absolute Gasteiger partial charge is 0.355 e. The van der Waals surface area contributed by atoms with E-state index >= 15 is 0 Å². The Bertz CT molecular complexity index is 593. The second kappa shape index (κ2) is 5.74. The maximum atomic E-state index is 12.8. The molecule has 2 atom stereocenters. The van der Waals surface area contributed by atoms with E-state index in [1.165, 1.54) is 0 Å². The van der Waals surface area contributed by atoms with E-state index in [2.05, 4.69) is 24.3 Å². The molecule has 2 saturated heterocycles. The average Bonchev–Trinajstić information content (AvgIpc) is 3.13. The van der Waals surface area contributed by atoms with Crippen molar-refractivity contribution in [2.45, 2.75) is 33.7 Å². The van der Waals surface area contributed by atoms with Gasteiger partial charge in [-0.25, -0.2) is 0 Å². The van der Waals surface area contributed by atoms with Crippen molar-refractivity contribution in [2.75, 3.05) is 19.6 Å². The smallest absolute Gasteiger partial charge is 0.272 e. The van der Waals surface area contributed by atoms with Crippen LogP contribution in [0.4, 0.5) is 0 Å². The summed E-state index contributed by atoms with van der Waals surface area (Å²) in [5.74, 6) is 0.844. The summed E-state index contributed by atoms with van der Waals surface area (Å²) in [5.41, 5.74) is 1.62. The Hall–Kier alpha value is -1.85. The monoisotopic (exact) mass is 304 g/mol. The molecule has 22 heavy (non-hydrogen) atoms. The van der Waals surface area contributed by atoms with E-state index in [0.717, 1.165) is 12.1 Å². The molecule has 2 aliphatic heterocycles. The molecular formula is C16H24N4O2. The van der Waals surface area contributed by atoms with E-state index in [-0.39, 0.29) is 23.7 Å². The quantitative estimate of drug-likeness (QED) is 0.899. The number of carbonyl (C=O) groups excluding carboxylic acids is 2. The number of aryl methyl sites for hydroxylation is 1. The minimum absolute atomic E-state index is 0.00607. The standard InChI is InChI=1S/C16H24N4O2/c1-4-20-14(6-12(18-20)5-10(2)3)16(22)19-8-11-7-17-15(21)13(11)9-19/h6,10-11,13H,4-5,7-9H2,1-3H3,(H,17,21)/t11-,13+/m0/s1. The van der Waals surface area contributed by atoms with E-state index in [0.29, 0.717) is 37.8 Å². The van der Waals surface area contributed by atoms with Crippen LogP contribution in [0.25, 0.3) is 0 Å². The fourth-order valence-electron chi connectivity index (χ4n) is 3.47. The van der Waals surface area contributed by atoms with Gasteiger partial charge in [-0.15, -0.1) is 0 Å². The Morgan fingerprint density at radius 3 is 2.86 bits per heavy atom. The molecule has 0 unspecified atom stereocenters. The van der Waals surface area contributed by atoms with Crippen LogP contribution in [0, 0.1) is 17.8 Å².